The van der Waals surface area contributed by atoms with Gasteiger partial charge in [0.2, 0.25) is 5.91 Å². The van der Waals surface area contributed by atoms with Gasteiger partial charge in [0.05, 0.1) is 20.2 Å². The molecule has 9 rings (SSSR count). The number of hydrogen-bond acceptors (Lipinski definition) is 11. The second-order valence-electron chi connectivity index (χ2n) is 16.3. The van der Waals surface area contributed by atoms with Crippen LogP contribution in [0.4, 0.5) is 5.69 Å². The number of rotatable bonds is 16. The average molecular weight is 969 g/mol. The first-order chi connectivity index (χ1) is 33.6. The highest BCUT2D eigenvalue weighted by molar-refractivity contribution is 8.01. The lowest BCUT2D eigenvalue weighted by molar-refractivity contribution is -0.384. The fourth-order valence-corrected chi connectivity index (χ4v) is 16.2. The van der Waals surface area contributed by atoms with Crippen LogP contribution in [0.1, 0.15) is 45.9 Å². The van der Waals surface area contributed by atoms with Gasteiger partial charge in [-0.3, -0.25) is 24.6 Å². The van der Waals surface area contributed by atoms with Gasteiger partial charge in [-0.2, -0.15) is 0 Å². The number of benzene rings is 7. The number of carbonyl (C=O) groups excluding carboxylic acids is 3. The number of amides is 1. The third kappa shape index (κ3) is 8.92. The number of aryl methyl sites for hydroxylation is 1. The van der Waals surface area contributed by atoms with Crippen molar-refractivity contribution in [2.45, 2.75) is 36.7 Å². The SMILES string of the molecule is CC(=O)OC(c1snnc1C)C1C(=O)N(C(C(=O)OCc2ccc([N+](=O)[O-])cc2)=P(c2ccccc2)(c2ccccc2)c2ccccc2)C1SC(c1ccccc1)(c1ccccc1)c1ccccc1. The number of ether oxygens (including phenoxy) is 2. The number of hydrogen-bond donors (Lipinski definition) is 0. The van der Waals surface area contributed by atoms with E-state index in [-0.39, 0.29) is 17.7 Å². The third-order valence-electron chi connectivity index (χ3n) is 12.2. The highest BCUT2D eigenvalue weighted by atomic mass is 32.2. The second kappa shape index (κ2) is 20.4. The van der Waals surface area contributed by atoms with Crippen molar-refractivity contribution in [1.29, 1.82) is 0 Å². The van der Waals surface area contributed by atoms with Gasteiger partial charge in [-0.25, -0.2) is 4.79 Å². The number of likely N-dealkylation sites (tertiary alicyclic amines) is 1. The van der Waals surface area contributed by atoms with Crippen LogP contribution >= 0.6 is 30.2 Å². The fourth-order valence-electron chi connectivity index (χ4n) is 9.08. The van der Waals surface area contributed by atoms with E-state index in [1.54, 1.807) is 24.0 Å². The molecule has 1 amide bonds. The molecule has 0 N–H and O–H groups in total. The van der Waals surface area contributed by atoms with Crippen molar-refractivity contribution in [3.8, 4) is 0 Å². The Labute approximate surface area is 408 Å². The Morgan fingerprint density at radius 3 is 1.54 bits per heavy atom. The molecule has 3 unspecified atom stereocenters. The van der Waals surface area contributed by atoms with E-state index in [1.165, 1.54) is 30.8 Å². The number of aromatic nitrogens is 2. The molecule has 11 nitrogen and oxygen atoms in total. The van der Waals surface area contributed by atoms with E-state index in [2.05, 4.69) is 46.0 Å². The first-order valence-corrected chi connectivity index (χ1v) is 25.6. The number of β-lactam (4-membered cyclic amide) rings is 1. The van der Waals surface area contributed by atoms with Crippen LogP contribution in [0.3, 0.4) is 0 Å². The molecule has 0 saturated carbocycles. The van der Waals surface area contributed by atoms with Gasteiger partial charge in [0.1, 0.15) is 23.3 Å². The van der Waals surface area contributed by atoms with Crippen molar-refractivity contribution in [2.75, 3.05) is 0 Å². The van der Waals surface area contributed by atoms with Crippen LogP contribution in [0.15, 0.2) is 206 Å². The first-order valence-electron chi connectivity index (χ1n) is 22.1. The molecule has 1 fully saturated rings. The molecule has 0 bridgehead atoms. The summed E-state index contributed by atoms with van der Waals surface area (Å²) in [5, 5.41) is 17.3. The molecule has 1 aromatic heterocycles. The summed E-state index contributed by atoms with van der Waals surface area (Å²) in [5.74, 6) is -2.91. The fraction of sp³-hybridized carbons (Fsp3) is 0.127. The van der Waals surface area contributed by atoms with Gasteiger partial charge >= 0.3 is 11.9 Å². The van der Waals surface area contributed by atoms with Crippen LogP contribution < -0.4 is 15.9 Å². The molecular formula is C55H45N4O7PS2. The summed E-state index contributed by atoms with van der Waals surface area (Å²) in [4.78, 5) is 58.7. The number of non-ortho nitro benzene ring substituents is 1. The smallest absolute Gasteiger partial charge is 0.356 e. The van der Waals surface area contributed by atoms with E-state index in [0.29, 0.717) is 16.1 Å². The van der Waals surface area contributed by atoms with Crippen LogP contribution in [-0.4, -0.2) is 48.0 Å². The molecule has 2 heterocycles. The van der Waals surface area contributed by atoms with E-state index in [9.17, 15) is 14.9 Å². The average Bonchev–Trinajstić information content (AvgIpc) is 3.83. The van der Waals surface area contributed by atoms with Crippen molar-refractivity contribution < 1.29 is 28.8 Å². The van der Waals surface area contributed by atoms with Crippen LogP contribution in [0.25, 0.3) is 0 Å². The zero-order chi connectivity index (χ0) is 48.0. The molecule has 0 aliphatic carbocycles. The second-order valence-corrected chi connectivity index (χ2v) is 21.7. The highest BCUT2D eigenvalue weighted by Gasteiger charge is 2.61. The molecule has 3 atom stereocenters. The van der Waals surface area contributed by atoms with Gasteiger partial charge in [0.25, 0.3) is 5.69 Å². The van der Waals surface area contributed by atoms with Crippen LogP contribution in [0.2, 0.25) is 0 Å². The van der Waals surface area contributed by atoms with Gasteiger partial charge in [0.15, 0.2) is 6.10 Å². The molecule has 69 heavy (non-hydrogen) atoms. The molecule has 7 aromatic carbocycles. The topological polar surface area (TPSA) is 142 Å². The Morgan fingerprint density at radius 2 is 1.14 bits per heavy atom. The lowest BCUT2D eigenvalue weighted by Gasteiger charge is -2.53. The Bertz CT molecular complexity index is 2950. The van der Waals surface area contributed by atoms with Gasteiger partial charge in [0, 0.05) is 25.9 Å². The first kappa shape index (κ1) is 46.7. The predicted molar refractivity (Wildman–Crippen MR) is 273 cm³/mol. The van der Waals surface area contributed by atoms with Crippen molar-refractivity contribution in [2.24, 2.45) is 5.92 Å². The van der Waals surface area contributed by atoms with E-state index in [1.807, 2.05) is 146 Å². The van der Waals surface area contributed by atoms with Gasteiger partial charge in [-0.1, -0.05) is 186 Å². The number of nitro groups is 1. The van der Waals surface area contributed by atoms with E-state index < -0.39 is 51.8 Å². The monoisotopic (exact) mass is 968 g/mol. The maximum absolute atomic E-state index is 16.2. The van der Waals surface area contributed by atoms with Crippen LogP contribution in [0.5, 0.6) is 0 Å². The zero-order valence-corrected chi connectivity index (χ0v) is 40.0. The number of nitro benzene ring substituents is 1. The van der Waals surface area contributed by atoms with Crippen LogP contribution in [-0.2, 0) is 35.2 Å². The number of thioether (sulfide) groups is 1. The minimum absolute atomic E-state index is 0.107. The molecule has 8 aromatic rings. The Kier molecular flexibility index (Phi) is 13.8. The van der Waals surface area contributed by atoms with Gasteiger partial charge in [-0.15, -0.1) is 16.9 Å². The van der Waals surface area contributed by atoms with Crippen molar-refractivity contribution in [1.82, 2.24) is 14.5 Å². The minimum atomic E-state index is -3.48. The van der Waals surface area contributed by atoms with E-state index >= 15 is 9.59 Å². The Hall–Kier alpha value is -7.44. The quantitative estimate of drug-likeness (QED) is 0.0230. The molecule has 344 valence electrons. The van der Waals surface area contributed by atoms with Crippen molar-refractivity contribution >= 4 is 75.0 Å². The maximum Gasteiger partial charge on any atom is 0.356 e. The normalized spacial score (nSPS) is 15.1. The zero-order valence-electron chi connectivity index (χ0n) is 37.5. The summed E-state index contributed by atoms with van der Waals surface area (Å²) < 4.78 is 15.8. The lowest BCUT2D eigenvalue weighted by atomic mass is 9.84. The highest BCUT2D eigenvalue weighted by Crippen LogP contribution is 2.59. The molecule has 1 aliphatic heterocycles. The Morgan fingerprint density at radius 1 is 0.710 bits per heavy atom. The number of esters is 2. The minimum Gasteiger partial charge on any atom is -0.456 e. The lowest BCUT2D eigenvalue weighted by Crippen LogP contribution is -2.67. The maximum atomic E-state index is 16.2. The van der Waals surface area contributed by atoms with Gasteiger partial charge < -0.3 is 9.47 Å². The molecule has 1 saturated heterocycles. The molecule has 0 radical (unpaired) electrons. The van der Waals surface area contributed by atoms with E-state index in [4.69, 9.17) is 9.47 Å². The molecular weight excluding hydrogens is 924 g/mol. The summed E-state index contributed by atoms with van der Waals surface area (Å²) in [7, 11) is 0. The van der Waals surface area contributed by atoms with E-state index in [0.717, 1.165) is 44.1 Å². The predicted octanol–water partition coefficient (Wildman–Crippen LogP) is 9.74. The van der Waals surface area contributed by atoms with Crippen molar-refractivity contribution in [3.05, 3.63) is 249 Å². The van der Waals surface area contributed by atoms with Crippen molar-refractivity contribution in [3.63, 3.8) is 0 Å². The van der Waals surface area contributed by atoms with Crippen LogP contribution in [0, 0.1) is 23.0 Å². The summed E-state index contributed by atoms with van der Waals surface area (Å²) in [5.41, 5.74) is 3.73. The summed E-state index contributed by atoms with van der Waals surface area (Å²) in [6.45, 7) is -0.657. The largest absolute Gasteiger partial charge is 0.456 e. The summed E-state index contributed by atoms with van der Waals surface area (Å²) in [6.07, 6.45) is -1.14. The molecule has 14 heteroatoms. The number of carbonyl (C=O) groups is 3. The number of nitrogens with zero attached hydrogens (tertiary/aromatic N) is 4. The summed E-state index contributed by atoms with van der Waals surface area (Å²) >= 11 is 2.54. The molecule has 0 spiro atoms. The standard InChI is InChI=1S/C55H45N4O7PS2/c1-38-50(69-57-56-38)49(66-39(2)60)48-51(61)58(53(48)68-55(41-21-9-3-10-22-41,42-23-11-4-12-24-42)43-25-13-5-14-26-43)52(54(62)65-37-40-33-35-44(36-34-40)59(63)64)67(45-27-15-6-16-28-45,46-29-17-7-18-30-46)47-31-19-8-20-32-47/h3-36,48-49,53H,37H2,1-2H3. The molecule has 1 aliphatic rings. The Balaban J connectivity index is 1.39. The van der Waals surface area contributed by atoms with Gasteiger partial charge in [-0.05, 0) is 68.8 Å². The third-order valence-corrected chi connectivity index (χ3v) is 19.1. The summed E-state index contributed by atoms with van der Waals surface area (Å²) in [6, 6.07) is 65.1.